The van der Waals surface area contributed by atoms with Crippen LogP contribution >= 0.6 is 0 Å². The molecule has 6 N–H and O–H groups in total. The molecule has 2 aromatic heterocycles. The van der Waals surface area contributed by atoms with Crippen LogP contribution in [0, 0.1) is 0 Å². The van der Waals surface area contributed by atoms with E-state index in [0.29, 0.717) is 29.1 Å². The van der Waals surface area contributed by atoms with Crippen LogP contribution in [0.15, 0.2) is 36.5 Å². The Balaban J connectivity index is 1.28. The summed E-state index contributed by atoms with van der Waals surface area (Å²) in [6.45, 7) is 10.9. The third-order valence-electron chi connectivity index (χ3n) is 7.39. The lowest BCUT2D eigenvalue weighted by Crippen LogP contribution is -2.52. The lowest BCUT2D eigenvalue weighted by molar-refractivity contribution is 0.0982. The lowest BCUT2D eigenvalue weighted by atomic mass is 10.0. The Morgan fingerprint density at radius 3 is 2.29 bits per heavy atom. The van der Waals surface area contributed by atoms with Gasteiger partial charge in [0.2, 0.25) is 0 Å². The zero-order valence-corrected chi connectivity index (χ0v) is 22.6. The maximum Gasteiger partial charge on any atom is 0.158 e. The monoisotopic (exact) mass is 520 g/mol. The highest BCUT2D eigenvalue weighted by Gasteiger charge is 2.27. The molecule has 0 spiro atoms. The fourth-order valence-corrected chi connectivity index (χ4v) is 5.26. The van der Waals surface area contributed by atoms with Crippen LogP contribution in [-0.4, -0.2) is 93.5 Å². The second-order valence-electron chi connectivity index (χ2n) is 10.6. The molecule has 38 heavy (non-hydrogen) atoms. The molecule has 2 saturated heterocycles. The minimum absolute atomic E-state index is 0.128. The van der Waals surface area contributed by atoms with Crippen LogP contribution in [0.2, 0.25) is 0 Å². The van der Waals surface area contributed by atoms with Gasteiger partial charge in [-0.25, -0.2) is 9.97 Å². The summed E-state index contributed by atoms with van der Waals surface area (Å²) in [5.74, 6) is 0.974. The summed E-state index contributed by atoms with van der Waals surface area (Å²) >= 11 is 0. The van der Waals surface area contributed by atoms with Crippen molar-refractivity contribution in [3.8, 4) is 11.4 Å². The molecule has 11 heteroatoms. The molecule has 0 aliphatic carbocycles. The molecule has 204 valence electrons. The summed E-state index contributed by atoms with van der Waals surface area (Å²) in [4.78, 5) is 17.0. The summed E-state index contributed by atoms with van der Waals surface area (Å²) in [6, 6.07) is 11.0. The van der Waals surface area contributed by atoms with Crippen LogP contribution in [0.25, 0.3) is 11.4 Å². The highest BCUT2D eigenvalue weighted by atomic mass is 16.3. The average molecular weight is 521 g/mol. The summed E-state index contributed by atoms with van der Waals surface area (Å²) < 4.78 is 0. The predicted octanol–water partition coefficient (Wildman–Crippen LogP) is 2.60. The number of nitrogens with zero attached hydrogens (tertiary/aromatic N) is 6. The minimum atomic E-state index is -1.29. The lowest BCUT2D eigenvalue weighted by Gasteiger charge is -2.42. The number of piperidine rings is 1. The number of nitrogens with one attached hydrogen (secondary N) is 3. The van der Waals surface area contributed by atoms with Crippen molar-refractivity contribution in [3.05, 3.63) is 42.2 Å². The molecule has 0 amide bonds. The number of aromatic amines is 1. The maximum absolute atomic E-state index is 10.3. The Hall–Kier alpha value is -3.25. The molecule has 11 nitrogen and oxygen atoms in total. The number of rotatable bonds is 8. The Morgan fingerprint density at radius 1 is 0.974 bits per heavy atom. The van der Waals surface area contributed by atoms with Crippen molar-refractivity contribution in [2.75, 3.05) is 61.8 Å². The number of likely N-dealkylation sites (N-methyl/N-ethyl adjacent to an activating group) is 1. The van der Waals surface area contributed by atoms with E-state index in [0.717, 1.165) is 18.8 Å². The van der Waals surface area contributed by atoms with E-state index in [1.165, 1.54) is 44.7 Å². The Labute approximate surface area is 224 Å². The molecule has 2 fully saturated rings. The number of aromatic nitrogens is 4. The van der Waals surface area contributed by atoms with Crippen molar-refractivity contribution in [1.29, 1.82) is 0 Å². The summed E-state index contributed by atoms with van der Waals surface area (Å²) in [6.07, 6.45) is 2.82. The van der Waals surface area contributed by atoms with Gasteiger partial charge in [-0.3, -0.25) is 10.00 Å². The van der Waals surface area contributed by atoms with Crippen molar-refractivity contribution >= 4 is 23.0 Å². The van der Waals surface area contributed by atoms with E-state index >= 15 is 0 Å². The van der Waals surface area contributed by atoms with E-state index in [1.807, 2.05) is 32.0 Å². The number of hydrogen-bond donors (Lipinski definition) is 5. The number of nitrogens with two attached hydrogens (primary N) is 1. The number of benzene rings is 1. The quantitative estimate of drug-likeness (QED) is 0.282. The van der Waals surface area contributed by atoms with Gasteiger partial charge in [0, 0.05) is 68.9 Å². The third kappa shape index (κ3) is 6.07. The van der Waals surface area contributed by atoms with Gasteiger partial charge in [0.25, 0.3) is 0 Å². The zero-order valence-electron chi connectivity index (χ0n) is 22.6. The van der Waals surface area contributed by atoms with Crippen LogP contribution in [0.4, 0.5) is 23.0 Å². The van der Waals surface area contributed by atoms with Crippen LogP contribution in [0.1, 0.15) is 38.6 Å². The molecule has 4 heterocycles. The second-order valence-corrected chi connectivity index (χ2v) is 10.6. The highest BCUT2D eigenvalue weighted by Crippen LogP contribution is 2.31. The van der Waals surface area contributed by atoms with Gasteiger partial charge in [-0.2, -0.15) is 5.10 Å². The van der Waals surface area contributed by atoms with Crippen molar-refractivity contribution < 1.29 is 5.11 Å². The standard InChI is InChI=1S/C27H40N10O/c1-18(2)30-26-23(22-8-11-29-34-22)32-24(25(28)38)27(33-26)31-19-4-6-20(7-5-19)36-12-9-21(10-13-36)37-16-14-35(3)15-17-37/h4-8,11,18,21,25,38H,9-10,12-17,28H2,1-3H3,(H,29,34)(H2,30,31,33). The smallest absolute Gasteiger partial charge is 0.158 e. The highest BCUT2D eigenvalue weighted by molar-refractivity contribution is 5.73. The van der Waals surface area contributed by atoms with Gasteiger partial charge in [0.05, 0.1) is 0 Å². The maximum atomic E-state index is 10.3. The van der Waals surface area contributed by atoms with E-state index in [-0.39, 0.29) is 11.7 Å². The Morgan fingerprint density at radius 2 is 1.68 bits per heavy atom. The molecular weight excluding hydrogens is 480 g/mol. The van der Waals surface area contributed by atoms with Crippen molar-refractivity contribution in [2.24, 2.45) is 5.73 Å². The first-order chi connectivity index (χ1) is 18.4. The number of piperazine rings is 1. The molecule has 2 aliphatic rings. The first-order valence-corrected chi connectivity index (χ1v) is 13.5. The summed E-state index contributed by atoms with van der Waals surface area (Å²) in [5.41, 5.74) is 9.36. The molecule has 1 aromatic carbocycles. The van der Waals surface area contributed by atoms with Gasteiger partial charge < -0.3 is 31.3 Å². The average Bonchev–Trinajstić information content (AvgIpc) is 3.44. The molecule has 3 aromatic rings. The molecule has 2 aliphatic heterocycles. The normalized spacial score (nSPS) is 18.6. The van der Waals surface area contributed by atoms with Crippen molar-refractivity contribution in [3.63, 3.8) is 0 Å². The molecule has 1 unspecified atom stereocenters. The largest absolute Gasteiger partial charge is 0.373 e. The van der Waals surface area contributed by atoms with Gasteiger partial charge in [0.15, 0.2) is 11.6 Å². The van der Waals surface area contributed by atoms with Gasteiger partial charge in [0.1, 0.15) is 23.3 Å². The number of aliphatic hydroxyl groups is 1. The van der Waals surface area contributed by atoms with Crippen LogP contribution in [0.5, 0.6) is 0 Å². The van der Waals surface area contributed by atoms with Crippen LogP contribution < -0.4 is 21.3 Å². The number of hydrogen-bond acceptors (Lipinski definition) is 10. The third-order valence-corrected chi connectivity index (χ3v) is 7.39. The number of H-pyrrole nitrogens is 1. The van der Waals surface area contributed by atoms with E-state index in [2.05, 4.69) is 59.7 Å². The fourth-order valence-electron chi connectivity index (χ4n) is 5.26. The minimum Gasteiger partial charge on any atom is -0.373 e. The Bertz CT molecular complexity index is 1170. The number of aliphatic hydroxyl groups excluding tert-OH is 1. The Kier molecular flexibility index (Phi) is 8.08. The molecule has 1 atom stereocenters. The fraction of sp³-hybridized carbons (Fsp3) is 0.519. The molecule has 0 saturated carbocycles. The second kappa shape index (κ2) is 11.6. The zero-order chi connectivity index (χ0) is 26.6. The van der Waals surface area contributed by atoms with E-state index < -0.39 is 6.23 Å². The topological polar surface area (TPSA) is 134 Å². The SMILES string of the molecule is CC(C)Nc1nc(Nc2ccc(N3CCC(N4CCN(C)CC4)CC3)cc2)c(C(N)O)nc1-c1cc[nH]n1. The van der Waals surface area contributed by atoms with Gasteiger partial charge in [-0.05, 0) is 64.1 Å². The summed E-state index contributed by atoms with van der Waals surface area (Å²) in [5, 5.41) is 24.0. The van der Waals surface area contributed by atoms with Crippen LogP contribution in [-0.2, 0) is 0 Å². The van der Waals surface area contributed by atoms with Gasteiger partial charge in [-0.1, -0.05) is 0 Å². The number of anilines is 4. The first kappa shape index (κ1) is 26.4. The molecule has 0 bridgehead atoms. The molecule has 0 radical (unpaired) electrons. The first-order valence-electron chi connectivity index (χ1n) is 13.5. The predicted molar refractivity (Wildman–Crippen MR) is 152 cm³/mol. The molecular formula is C27H40N10O. The van der Waals surface area contributed by atoms with E-state index in [9.17, 15) is 5.11 Å². The van der Waals surface area contributed by atoms with Gasteiger partial charge >= 0.3 is 0 Å². The van der Waals surface area contributed by atoms with Crippen molar-refractivity contribution in [2.45, 2.75) is 45.0 Å². The van der Waals surface area contributed by atoms with E-state index in [4.69, 9.17) is 10.7 Å². The van der Waals surface area contributed by atoms with Crippen LogP contribution in [0.3, 0.4) is 0 Å². The molecule has 5 rings (SSSR count). The van der Waals surface area contributed by atoms with Gasteiger partial charge in [-0.15, -0.1) is 0 Å². The summed E-state index contributed by atoms with van der Waals surface area (Å²) in [7, 11) is 2.21. The van der Waals surface area contributed by atoms with E-state index in [1.54, 1.807) is 6.20 Å². The van der Waals surface area contributed by atoms with Crippen molar-refractivity contribution in [1.82, 2.24) is 30.0 Å².